The molecule has 159 valence electrons. The molecule has 4 rings (SSSR count). The molecule has 1 fully saturated rings. The molecule has 32 heavy (non-hydrogen) atoms. The Morgan fingerprint density at radius 1 is 1.09 bits per heavy atom. The maximum absolute atomic E-state index is 10.3. The minimum atomic E-state index is -1.28. The first kappa shape index (κ1) is 31.3. The van der Waals surface area contributed by atoms with E-state index < -0.39 is 31.1 Å². The van der Waals surface area contributed by atoms with Gasteiger partial charge >= 0.3 is 0 Å². The predicted octanol–water partition coefficient (Wildman–Crippen LogP) is -0.0359. The van der Waals surface area contributed by atoms with Gasteiger partial charge in [0.1, 0.15) is 24.4 Å². The van der Waals surface area contributed by atoms with Gasteiger partial charge in [0.25, 0.3) is 0 Å². The molecule has 0 amide bonds. The molecule has 4 N–H and O–H groups in total. The van der Waals surface area contributed by atoms with Crippen molar-refractivity contribution >= 4 is 17.0 Å². The number of nitrogens with zero attached hydrogens (tertiary/aromatic N) is 5. The summed E-state index contributed by atoms with van der Waals surface area (Å²) in [7, 11) is 0. The number of fused-ring (bicyclic) bond motifs is 1. The SMILES string of the molecule is N#Cc1nc(NCCc2ccccc2)c2ncn(C3O[C@H](CO)C(O)C3O)c2n1.[Ac].[Ac].[Ac]. The smallest absolute Gasteiger partial charge is 0.236 e. The summed E-state index contributed by atoms with van der Waals surface area (Å²) in [5.41, 5.74) is 1.85. The summed E-state index contributed by atoms with van der Waals surface area (Å²) in [4.78, 5) is 12.7. The number of benzene rings is 1. The average molecular weight is 1080 g/mol. The fourth-order valence-electron chi connectivity index (χ4n) is 3.36. The van der Waals surface area contributed by atoms with Crippen LogP contribution in [0.2, 0.25) is 0 Å². The summed E-state index contributed by atoms with van der Waals surface area (Å²) in [6.07, 6.45) is -2.28. The largest absolute Gasteiger partial charge is 0.394 e. The minimum Gasteiger partial charge on any atom is -0.394 e. The molecule has 0 saturated carbocycles. The second-order valence-corrected chi connectivity index (χ2v) is 6.72. The Labute approximate surface area is 292 Å². The van der Waals surface area contributed by atoms with Crippen molar-refractivity contribution in [3.8, 4) is 6.07 Å². The Balaban J connectivity index is 0.00000171. The van der Waals surface area contributed by atoms with Gasteiger partial charge in [-0.15, -0.1) is 0 Å². The van der Waals surface area contributed by atoms with Crippen LogP contribution in [0.1, 0.15) is 17.6 Å². The van der Waals surface area contributed by atoms with Crippen molar-refractivity contribution < 1.29 is 152 Å². The molecule has 10 nitrogen and oxygen atoms in total. The third kappa shape index (κ3) is 6.92. The second kappa shape index (κ2) is 14.7. The number of aliphatic hydroxyl groups is 3. The van der Waals surface area contributed by atoms with E-state index in [9.17, 15) is 20.6 Å². The van der Waals surface area contributed by atoms with Crippen LogP contribution in [0.4, 0.5) is 5.82 Å². The molecular weight excluding hydrogens is 1060 g/mol. The molecule has 4 atom stereocenters. The van der Waals surface area contributed by atoms with Crippen LogP contribution in [0.15, 0.2) is 36.7 Å². The van der Waals surface area contributed by atoms with Gasteiger partial charge in [-0.25, -0.2) is 4.98 Å². The first-order valence-electron chi connectivity index (χ1n) is 9.17. The molecule has 1 aromatic carbocycles. The number of aromatic nitrogens is 4. The van der Waals surface area contributed by atoms with Gasteiger partial charge in [-0.1, -0.05) is 30.3 Å². The van der Waals surface area contributed by atoms with Gasteiger partial charge in [-0.3, -0.25) is 4.57 Å². The molecule has 0 aliphatic carbocycles. The first-order chi connectivity index (χ1) is 14.1. The van der Waals surface area contributed by atoms with Crippen molar-refractivity contribution in [1.82, 2.24) is 19.5 Å². The molecule has 1 aliphatic heterocycles. The normalized spacial score (nSPS) is 21.7. The van der Waals surface area contributed by atoms with Crippen molar-refractivity contribution in [2.24, 2.45) is 0 Å². The Bertz CT molecular complexity index is 1050. The molecule has 3 radical (unpaired) electrons. The van der Waals surface area contributed by atoms with Crippen LogP contribution in [0.3, 0.4) is 0 Å². The Kier molecular flexibility index (Phi) is 14.4. The van der Waals surface area contributed by atoms with E-state index in [0.717, 1.165) is 12.0 Å². The zero-order valence-corrected chi connectivity index (χ0v) is 31.3. The van der Waals surface area contributed by atoms with Gasteiger partial charge in [0.2, 0.25) is 5.82 Å². The van der Waals surface area contributed by atoms with Gasteiger partial charge in [-0.2, -0.15) is 15.2 Å². The summed E-state index contributed by atoms with van der Waals surface area (Å²) in [6.45, 7) is 0.133. The molecule has 1 saturated heterocycles. The third-order valence-corrected chi connectivity index (χ3v) is 4.86. The molecule has 3 aromatic rings. The van der Waals surface area contributed by atoms with Crippen LogP contribution in [0.5, 0.6) is 0 Å². The number of ether oxygens (including phenoxy) is 1. The molecular formula is C19H20Ac3N6O4. The minimum absolute atomic E-state index is 0. The maximum Gasteiger partial charge on any atom is 0.236 e. The number of nitrogens with one attached hydrogen (secondary N) is 1. The molecule has 1 aliphatic rings. The van der Waals surface area contributed by atoms with Crippen LogP contribution in [-0.2, 0) is 11.2 Å². The molecule has 13 heteroatoms. The average Bonchev–Trinajstić information content (AvgIpc) is 3.29. The van der Waals surface area contributed by atoms with Crippen LogP contribution >= 0.6 is 0 Å². The second-order valence-electron chi connectivity index (χ2n) is 6.72. The molecule has 2 aromatic heterocycles. The predicted molar refractivity (Wildman–Crippen MR) is 102 cm³/mol. The molecule has 0 bridgehead atoms. The van der Waals surface area contributed by atoms with Crippen LogP contribution < -0.4 is 5.32 Å². The van der Waals surface area contributed by atoms with Crippen molar-refractivity contribution in [2.45, 2.75) is 31.0 Å². The molecule has 0 spiro atoms. The van der Waals surface area contributed by atoms with E-state index in [4.69, 9.17) is 4.74 Å². The quantitative estimate of drug-likeness (QED) is 0.267. The van der Waals surface area contributed by atoms with E-state index >= 15 is 0 Å². The van der Waals surface area contributed by atoms with Crippen LogP contribution in [-0.4, -0.2) is 66.3 Å². The van der Waals surface area contributed by atoms with Crippen LogP contribution in [0.25, 0.3) is 11.2 Å². The fraction of sp³-hybridized carbons (Fsp3) is 0.368. The summed E-state index contributed by atoms with van der Waals surface area (Å²) >= 11 is 0. The van der Waals surface area contributed by atoms with E-state index in [1.165, 1.54) is 10.9 Å². The van der Waals surface area contributed by atoms with Crippen molar-refractivity contribution in [3.05, 3.63) is 48.0 Å². The van der Waals surface area contributed by atoms with Gasteiger partial charge in [-0.05, 0) is 12.0 Å². The van der Waals surface area contributed by atoms with Gasteiger partial charge < -0.3 is 25.4 Å². The molecule has 3 unspecified atom stereocenters. The summed E-state index contributed by atoms with van der Waals surface area (Å²) < 4.78 is 6.98. The van der Waals surface area contributed by atoms with Crippen molar-refractivity contribution in [1.29, 1.82) is 5.26 Å². The number of rotatable bonds is 6. The fourth-order valence-corrected chi connectivity index (χ4v) is 3.36. The first-order valence-corrected chi connectivity index (χ1v) is 9.17. The third-order valence-electron chi connectivity index (χ3n) is 4.86. The van der Waals surface area contributed by atoms with E-state index in [1.54, 1.807) is 0 Å². The summed E-state index contributed by atoms with van der Waals surface area (Å²) in [6, 6.07) is 11.9. The maximum atomic E-state index is 10.3. The van der Waals surface area contributed by atoms with Gasteiger partial charge in [0.05, 0.1) is 12.9 Å². The number of imidazole rings is 1. The Morgan fingerprint density at radius 2 is 1.81 bits per heavy atom. The van der Waals surface area contributed by atoms with Gasteiger partial charge in [0.15, 0.2) is 23.2 Å². The zero-order valence-electron chi connectivity index (χ0n) is 17.1. The topological polar surface area (TPSA) is 149 Å². The van der Waals surface area contributed by atoms with Crippen LogP contribution in [0, 0.1) is 144 Å². The standard InChI is InChI=1S/C19H20N6O4.3Ac/c20-8-13-23-17(21-7-6-11-4-2-1-3-5-11)14-18(24-13)25(10-22-14)19-16(28)15(27)12(9-26)29-19;;;/h1-5,10,12,15-16,19,26-28H,6-7,9H2,(H,21,23,24);;;/t12-,15?,16?,19?;;;/m1.../s1. The summed E-state index contributed by atoms with van der Waals surface area (Å²) in [5, 5.41) is 42.1. The zero-order chi connectivity index (χ0) is 20.4. The number of aliphatic hydroxyl groups excluding tert-OH is 3. The van der Waals surface area contributed by atoms with Crippen molar-refractivity contribution in [2.75, 3.05) is 18.5 Å². The summed E-state index contributed by atoms with van der Waals surface area (Å²) in [5.74, 6) is 0.334. The van der Waals surface area contributed by atoms with E-state index in [2.05, 4.69) is 20.3 Å². The number of anilines is 1. The van der Waals surface area contributed by atoms with Gasteiger partial charge in [0, 0.05) is 139 Å². The Hall–Kier alpha value is 1.22. The Morgan fingerprint density at radius 3 is 2.44 bits per heavy atom. The number of nitriles is 1. The van der Waals surface area contributed by atoms with E-state index in [0.29, 0.717) is 17.9 Å². The monoisotopic (exact) mass is 1080 g/mol. The van der Waals surface area contributed by atoms with Crippen molar-refractivity contribution in [3.63, 3.8) is 0 Å². The van der Waals surface area contributed by atoms with E-state index in [-0.39, 0.29) is 144 Å². The number of hydrogen-bond acceptors (Lipinski definition) is 9. The number of hydrogen-bond donors (Lipinski definition) is 4. The van der Waals surface area contributed by atoms with E-state index in [1.807, 2.05) is 36.4 Å². The molecule has 3 heterocycles.